The standard InChI is InChI=1S/C41H66N2O9/c1-11-12-13-27(3)18-29(5)36-22-34(49-10)21-35(50-36)23-37-30(6)24-41(8,47)38(52-37)19-28(4)15-14-26(2)16-17-33(51-40(42)46)20-32(44)25-43-39(45)31(7)48-9/h11-16,18,28-30,32-38,44,47H,1,7,17,19-25H2,2-6,8-10H3,(H2,42,46)(H,43,45). The van der Waals surface area contributed by atoms with Gasteiger partial charge in [0.15, 0.2) is 5.76 Å². The van der Waals surface area contributed by atoms with E-state index in [0.717, 1.165) is 24.8 Å². The van der Waals surface area contributed by atoms with Crippen molar-refractivity contribution in [1.29, 1.82) is 0 Å². The van der Waals surface area contributed by atoms with Gasteiger partial charge in [0.2, 0.25) is 0 Å². The Hall–Kier alpha value is -3.22. The average molecular weight is 731 g/mol. The third-order valence-electron chi connectivity index (χ3n) is 10.0. The van der Waals surface area contributed by atoms with Gasteiger partial charge in [-0.05, 0) is 51.9 Å². The van der Waals surface area contributed by atoms with Crippen LogP contribution in [0.3, 0.4) is 0 Å². The number of nitrogens with two attached hydrogens (primary N) is 1. The molecule has 2 aliphatic rings. The van der Waals surface area contributed by atoms with Crippen LogP contribution < -0.4 is 11.1 Å². The van der Waals surface area contributed by atoms with Crippen molar-refractivity contribution < 1.29 is 43.5 Å². The summed E-state index contributed by atoms with van der Waals surface area (Å²) in [4.78, 5) is 23.4. The Morgan fingerprint density at radius 2 is 1.85 bits per heavy atom. The Kier molecular flexibility index (Phi) is 19.1. The van der Waals surface area contributed by atoms with Gasteiger partial charge in [0, 0.05) is 45.3 Å². The molecule has 2 aliphatic heterocycles. The molecule has 2 saturated heterocycles. The summed E-state index contributed by atoms with van der Waals surface area (Å²) in [5, 5.41) is 24.4. The summed E-state index contributed by atoms with van der Waals surface area (Å²) in [5.74, 6) is -0.143. The molecule has 0 spiro atoms. The molecule has 0 aromatic rings. The first kappa shape index (κ1) is 44.9. The number of rotatable bonds is 20. The largest absolute Gasteiger partial charge is 0.492 e. The zero-order valence-electron chi connectivity index (χ0n) is 32.7. The van der Waals surface area contributed by atoms with Crippen molar-refractivity contribution in [2.24, 2.45) is 23.5 Å². The highest BCUT2D eigenvalue weighted by Crippen LogP contribution is 2.39. The molecule has 52 heavy (non-hydrogen) atoms. The molecule has 2 fully saturated rings. The van der Waals surface area contributed by atoms with Crippen molar-refractivity contribution in [3.05, 3.63) is 72.6 Å². The molecular formula is C41H66N2O9. The molecule has 294 valence electrons. The van der Waals surface area contributed by atoms with E-state index in [1.165, 1.54) is 12.7 Å². The highest BCUT2D eigenvalue weighted by Gasteiger charge is 2.45. The first-order chi connectivity index (χ1) is 24.5. The van der Waals surface area contributed by atoms with Crippen LogP contribution in [0.5, 0.6) is 0 Å². The van der Waals surface area contributed by atoms with Crippen LogP contribution in [0.2, 0.25) is 0 Å². The SMILES string of the molecule is C=CC=CC(C)=CC(C)C1CC(OC)CC(CC2OC(CC(C)C=CC(C)=CCC(CC(O)CNC(=O)C(=C)OC)OC(N)=O)C(C)(O)CC2C)O1. The fourth-order valence-electron chi connectivity index (χ4n) is 7.01. The Labute approximate surface area is 312 Å². The van der Waals surface area contributed by atoms with Gasteiger partial charge in [-0.25, -0.2) is 4.79 Å². The van der Waals surface area contributed by atoms with Crippen LogP contribution >= 0.6 is 0 Å². The number of primary amides is 1. The molecule has 0 aliphatic carbocycles. The molecule has 5 N–H and O–H groups in total. The molecule has 11 atom stereocenters. The van der Waals surface area contributed by atoms with E-state index in [9.17, 15) is 19.8 Å². The summed E-state index contributed by atoms with van der Waals surface area (Å²) in [6, 6.07) is 0. The van der Waals surface area contributed by atoms with Crippen LogP contribution in [0.25, 0.3) is 0 Å². The Morgan fingerprint density at radius 1 is 1.13 bits per heavy atom. The molecule has 11 heteroatoms. The minimum Gasteiger partial charge on any atom is -0.492 e. The topological polar surface area (TPSA) is 159 Å². The van der Waals surface area contributed by atoms with Gasteiger partial charge in [0.05, 0.1) is 49.3 Å². The lowest BCUT2D eigenvalue weighted by Crippen LogP contribution is -2.53. The first-order valence-corrected chi connectivity index (χ1v) is 18.5. The Bertz CT molecular complexity index is 1290. The molecule has 2 heterocycles. The number of aliphatic hydroxyl groups is 2. The monoisotopic (exact) mass is 730 g/mol. The number of hydrogen-bond acceptors (Lipinski definition) is 9. The first-order valence-electron chi connectivity index (χ1n) is 18.5. The molecule has 0 aromatic carbocycles. The van der Waals surface area contributed by atoms with E-state index in [4.69, 9.17) is 29.4 Å². The second-order valence-electron chi connectivity index (χ2n) is 15.0. The van der Waals surface area contributed by atoms with Crippen LogP contribution in [-0.4, -0.2) is 91.3 Å². The number of carbonyl (C=O) groups is 2. The minimum absolute atomic E-state index is 0.0114. The lowest BCUT2D eigenvalue weighted by Gasteiger charge is -2.47. The van der Waals surface area contributed by atoms with E-state index in [-0.39, 0.29) is 67.0 Å². The van der Waals surface area contributed by atoms with Crippen LogP contribution in [-0.2, 0) is 28.5 Å². The average Bonchev–Trinajstić information content (AvgIpc) is 3.08. The lowest BCUT2D eigenvalue weighted by atomic mass is 9.77. The zero-order valence-corrected chi connectivity index (χ0v) is 32.7. The van der Waals surface area contributed by atoms with Crippen molar-refractivity contribution in [2.45, 2.75) is 135 Å². The van der Waals surface area contributed by atoms with Gasteiger partial charge in [-0.3, -0.25) is 4.79 Å². The molecular weight excluding hydrogens is 664 g/mol. The summed E-state index contributed by atoms with van der Waals surface area (Å²) in [7, 11) is 3.10. The van der Waals surface area contributed by atoms with Crippen LogP contribution in [0.15, 0.2) is 72.6 Å². The highest BCUT2D eigenvalue weighted by molar-refractivity contribution is 5.90. The van der Waals surface area contributed by atoms with Gasteiger partial charge in [-0.1, -0.05) is 87.6 Å². The Balaban J connectivity index is 2.02. The van der Waals surface area contributed by atoms with Gasteiger partial charge < -0.3 is 44.9 Å². The second kappa shape index (κ2) is 22.1. The van der Waals surface area contributed by atoms with Crippen LogP contribution in [0, 0.1) is 17.8 Å². The van der Waals surface area contributed by atoms with Gasteiger partial charge in [-0.2, -0.15) is 0 Å². The smallest absolute Gasteiger partial charge is 0.404 e. The van der Waals surface area contributed by atoms with Crippen molar-refractivity contribution in [1.82, 2.24) is 5.32 Å². The Morgan fingerprint density at radius 3 is 2.48 bits per heavy atom. The maximum Gasteiger partial charge on any atom is 0.404 e. The van der Waals surface area contributed by atoms with E-state index in [1.54, 1.807) is 13.2 Å². The number of aliphatic hydroxyl groups excluding tert-OH is 1. The van der Waals surface area contributed by atoms with Gasteiger partial charge >= 0.3 is 6.09 Å². The number of methoxy groups -OCH3 is 2. The van der Waals surface area contributed by atoms with Crippen LogP contribution in [0.4, 0.5) is 4.79 Å². The molecule has 0 saturated carbocycles. The minimum atomic E-state index is -0.982. The molecule has 11 nitrogen and oxygen atoms in total. The number of ether oxygens (including phenoxy) is 5. The van der Waals surface area contributed by atoms with Gasteiger partial charge in [-0.15, -0.1) is 0 Å². The molecule has 0 radical (unpaired) electrons. The summed E-state index contributed by atoms with van der Waals surface area (Å²) in [5.41, 5.74) is 6.39. The van der Waals surface area contributed by atoms with E-state index >= 15 is 0 Å². The van der Waals surface area contributed by atoms with E-state index in [2.05, 4.69) is 64.4 Å². The van der Waals surface area contributed by atoms with E-state index < -0.39 is 29.8 Å². The molecule has 0 bridgehead atoms. The predicted molar refractivity (Wildman–Crippen MR) is 204 cm³/mol. The summed E-state index contributed by atoms with van der Waals surface area (Å²) < 4.78 is 29.2. The number of carbonyl (C=O) groups excluding carboxylic acids is 2. The number of nitrogens with one attached hydrogen (secondary N) is 1. The molecule has 2 rings (SSSR count). The van der Waals surface area contributed by atoms with Gasteiger partial charge in [0.1, 0.15) is 6.10 Å². The van der Waals surface area contributed by atoms with E-state index in [0.29, 0.717) is 19.3 Å². The summed E-state index contributed by atoms with van der Waals surface area (Å²) in [6.07, 6.45) is 15.1. The normalized spacial score (nSPS) is 29.7. The third kappa shape index (κ3) is 15.8. The maximum absolute atomic E-state index is 11.9. The lowest BCUT2D eigenvalue weighted by molar-refractivity contribution is -0.208. The van der Waals surface area contributed by atoms with Crippen molar-refractivity contribution in [2.75, 3.05) is 20.8 Å². The fourth-order valence-corrected chi connectivity index (χ4v) is 7.01. The third-order valence-corrected chi connectivity index (χ3v) is 10.0. The molecule has 2 amide bonds. The summed E-state index contributed by atoms with van der Waals surface area (Å²) >= 11 is 0. The van der Waals surface area contributed by atoms with Crippen LogP contribution in [0.1, 0.15) is 86.5 Å². The zero-order chi connectivity index (χ0) is 39.0. The highest BCUT2D eigenvalue weighted by atomic mass is 16.6. The number of allylic oxidation sites excluding steroid dienone is 7. The van der Waals surface area contributed by atoms with Gasteiger partial charge in [0.25, 0.3) is 5.91 Å². The van der Waals surface area contributed by atoms with Crippen molar-refractivity contribution in [3.8, 4) is 0 Å². The molecule has 0 aromatic heterocycles. The molecule has 11 unspecified atom stereocenters. The maximum atomic E-state index is 11.9. The fraction of sp³-hybridized carbons (Fsp3) is 0.659. The number of hydrogen-bond donors (Lipinski definition) is 4. The van der Waals surface area contributed by atoms with Crippen molar-refractivity contribution in [3.63, 3.8) is 0 Å². The van der Waals surface area contributed by atoms with Crippen molar-refractivity contribution >= 4 is 12.0 Å². The second-order valence-corrected chi connectivity index (χ2v) is 15.0. The quantitative estimate of drug-likeness (QED) is 0.0649. The van der Waals surface area contributed by atoms with E-state index in [1.807, 2.05) is 32.1 Å². The predicted octanol–water partition coefficient (Wildman–Crippen LogP) is 6.22. The summed E-state index contributed by atoms with van der Waals surface area (Å²) in [6.45, 7) is 19.5. The number of amides is 2.